The van der Waals surface area contributed by atoms with Crippen molar-refractivity contribution in [1.29, 1.82) is 0 Å². The van der Waals surface area contributed by atoms with Crippen LogP contribution in [0.1, 0.15) is 137 Å². The van der Waals surface area contributed by atoms with E-state index in [0.29, 0.717) is 29.3 Å². The molecule has 0 heterocycles. The first-order chi connectivity index (χ1) is 20.4. The summed E-state index contributed by atoms with van der Waals surface area (Å²) in [5.74, 6) is 5.88. The Morgan fingerprint density at radius 1 is 0.698 bits per heavy atom. The Morgan fingerprint density at radius 2 is 1.44 bits per heavy atom. The number of carbonyl (C=O) groups excluding carboxylic acids is 2. The molecule has 0 amide bonds. The lowest BCUT2D eigenvalue weighted by Crippen LogP contribution is -2.52. The summed E-state index contributed by atoms with van der Waals surface area (Å²) in [6.45, 7) is 9.30. The minimum atomic E-state index is -0.429. The molecule has 0 aliphatic heterocycles. The summed E-state index contributed by atoms with van der Waals surface area (Å²) < 4.78 is 0. The van der Waals surface area contributed by atoms with E-state index in [1.807, 2.05) is 12.2 Å². The van der Waals surface area contributed by atoms with Gasteiger partial charge in [0, 0.05) is 12.8 Å². The van der Waals surface area contributed by atoms with Gasteiger partial charge in [0.05, 0.1) is 11.7 Å². The van der Waals surface area contributed by atoms with Crippen LogP contribution in [-0.4, -0.2) is 33.5 Å². The second kappa shape index (κ2) is 10.6. The highest BCUT2D eigenvalue weighted by molar-refractivity contribution is 5.92. The molecule has 0 bridgehead atoms. The van der Waals surface area contributed by atoms with Crippen molar-refractivity contribution in [2.75, 3.05) is 0 Å². The summed E-state index contributed by atoms with van der Waals surface area (Å²) in [5, 5.41) is 21.6. The van der Waals surface area contributed by atoms with E-state index in [1.54, 1.807) is 0 Å². The van der Waals surface area contributed by atoms with Gasteiger partial charge in [-0.25, -0.2) is 0 Å². The predicted octanol–water partition coefficient (Wildman–Crippen LogP) is 8.15. The standard InChI is InChI=1S/C20H30O2.C19H28O2/c1-3-20(22)11-9-18-17-6-4-13-12-14(21)5-7-15(13)16(17)8-10-19(18,20)2;1-18-9-7-13(20)11-12(18)3-4-14-15-5-6-17(21)19(15,2)10-8-16(14)18/h12,15-18,22H,3-11H2,1-2H3;11,14-17,21H,3-10H2,1-2H3/t15-,16+,17+,18-,19-,20-;14-,15-,16-,17-,18-,19-/m00/s1. The normalized spacial score (nSPS) is 51.8. The summed E-state index contributed by atoms with van der Waals surface area (Å²) in [6, 6.07) is 0. The molecule has 43 heavy (non-hydrogen) atoms. The Hall–Kier alpha value is -1.26. The number of aliphatic hydroxyl groups is 2. The van der Waals surface area contributed by atoms with Crippen molar-refractivity contribution in [2.45, 2.75) is 149 Å². The molecule has 0 aromatic heterocycles. The van der Waals surface area contributed by atoms with Gasteiger partial charge in [-0.05, 0) is 166 Å². The second-order valence-corrected chi connectivity index (χ2v) is 17.3. The Balaban J connectivity index is 0.000000140. The number of fused-ring (bicyclic) bond motifs is 10. The minimum absolute atomic E-state index is 0.0823. The Morgan fingerprint density at radius 3 is 2.23 bits per heavy atom. The molecule has 8 aliphatic carbocycles. The molecular formula is C39H58O4. The first-order valence-corrected chi connectivity index (χ1v) is 18.3. The number of hydrogen-bond donors (Lipinski definition) is 2. The molecule has 0 saturated heterocycles. The molecule has 4 heteroatoms. The Labute approximate surface area is 260 Å². The van der Waals surface area contributed by atoms with E-state index in [0.717, 1.165) is 81.5 Å². The third-order valence-corrected chi connectivity index (χ3v) is 16.1. The van der Waals surface area contributed by atoms with Crippen LogP contribution in [0.3, 0.4) is 0 Å². The van der Waals surface area contributed by atoms with Crippen LogP contribution < -0.4 is 0 Å². The number of ketones is 2. The maximum atomic E-state index is 11.8. The molecule has 0 aromatic carbocycles. The number of hydrogen-bond acceptors (Lipinski definition) is 4. The lowest BCUT2D eigenvalue weighted by molar-refractivity contribution is -0.122. The molecule has 12 atom stereocenters. The van der Waals surface area contributed by atoms with Crippen LogP contribution in [0, 0.1) is 57.7 Å². The molecule has 8 rings (SSSR count). The van der Waals surface area contributed by atoms with Crippen LogP contribution in [0.25, 0.3) is 0 Å². The highest BCUT2D eigenvalue weighted by atomic mass is 16.3. The topological polar surface area (TPSA) is 74.6 Å². The van der Waals surface area contributed by atoms with E-state index in [2.05, 4.69) is 27.7 Å². The maximum Gasteiger partial charge on any atom is 0.155 e. The van der Waals surface area contributed by atoms with Gasteiger partial charge in [-0.15, -0.1) is 0 Å². The molecule has 2 N–H and O–H groups in total. The molecule has 6 fully saturated rings. The van der Waals surface area contributed by atoms with E-state index >= 15 is 0 Å². The van der Waals surface area contributed by atoms with Gasteiger partial charge in [-0.3, -0.25) is 9.59 Å². The van der Waals surface area contributed by atoms with Crippen molar-refractivity contribution in [3.8, 4) is 0 Å². The molecule has 238 valence electrons. The molecule has 4 nitrogen and oxygen atoms in total. The average Bonchev–Trinajstić information content (AvgIpc) is 3.45. The van der Waals surface area contributed by atoms with Crippen LogP contribution in [0.2, 0.25) is 0 Å². The van der Waals surface area contributed by atoms with Gasteiger partial charge in [0.25, 0.3) is 0 Å². The summed E-state index contributed by atoms with van der Waals surface area (Å²) >= 11 is 0. The molecule has 6 saturated carbocycles. The van der Waals surface area contributed by atoms with Gasteiger partial charge in [0.1, 0.15) is 0 Å². The zero-order chi connectivity index (χ0) is 30.4. The van der Waals surface area contributed by atoms with E-state index in [4.69, 9.17) is 0 Å². The zero-order valence-electron chi connectivity index (χ0n) is 27.5. The first kappa shape index (κ1) is 30.4. The molecule has 0 radical (unpaired) electrons. The third-order valence-electron chi connectivity index (χ3n) is 16.1. The highest BCUT2D eigenvalue weighted by Gasteiger charge is 2.62. The van der Waals surface area contributed by atoms with Crippen LogP contribution in [0.15, 0.2) is 23.3 Å². The minimum Gasteiger partial charge on any atom is -0.393 e. The van der Waals surface area contributed by atoms with Gasteiger partial charge in [-0.2, -0.15) is 0 Å². The van der Waals surface area contributed by atoms with E-state index in [1.165, 1.54) is 62.5 Å². The fourth-order valence-electron chi connectivity index (χ4n) is 13.4. The van der Waals surface area contributed by atoms with Crippen LogP contribution in [0.4, 0.5) is 0 Å². The summed E-state index contributed by atoms with van der Waals surface area (Å²) in [7, 11) is 0. The van der Waals surface area contributed by atoms with Crippen LogP contribution >= 0.6 is 0 Å². The Bertz CT molecular complexity index is 1220. The van der Waals surface area contributed by atoms with Gasteiger partial charge in [-0.1, -0.05) is 38.8 Å². The molecule has 0 aromatic rings. The summed E-state index contributed by atoms with van der Waals surface area (Å²) in [4.78, 5) is 23.5. The fraction of sp³-hybridized carbons (Fsp3) is 0.846. The quantitative estimate of drug-likeness (QED) is 0.323. The summed E-state index contributed by atoms with van der Waals surface area (Å²) in [5.41, 5.74) is 3.05. The molecule has 8 aliphatic rings. The number of allylic oxidation sites excluding steroid dienone is 2. The van der Waals surface area contributed by atoms with Crippen LogP contribution in [-0.2, 0) is 9.59 Å². The lowest BCUT2D eigenvalue weighted by atomic mass is 9.47. The van der Waals surface area contributed by atoms with Gasteiger partial charge < -0.3 is 10.2 Å². The number of aliphatic hydroxyl groups excluding tert-OH is 1. The van der Waals surface area contributed by atoms with E-state index in [-0.39, 0.29) is 22.3 Å². The second-order valence-electron chi connectivity index (χ2n) is 17.3. The molecule has 0 spiro atoms. The fourth-order valence-corrected chi connectivity index (χ4v) is 13.4. The molecular weight excluding hydrogens is 532 g/mol. The van der Waals surface area contributed by atoms with E-state index in [9.17, 15) is 19.8 Å². The predicted molar refractivity (Wildman–Crippen MR) is 170 cm³/mol. The van der Waals surface area contributed by atoms with Gasteiger partial charge in [0.2, 0.25) is 0 Å². The SMILES string of the molecule is CC[C@]1(O)CC[C@H]2[C@@H]3CCC4=CC(=O)CC[C@@H]4[C@H]3CC[C@@]21C.C[C@]12CC[C@H]3[C@@H](CCC4=CC(=O)CC[C@@]43C)[C@@H]1CC[C@@H]2O. The third kappa shape index (κ3) is 4.49. The first-order valence-electron chi connectivity index (χ1n) is 18.3. The highest BCUT2D eigenvalue weighted by Crippen LogP contribution is 2.66. The summed E-state index contributed by atoms with van der Waals surface area (Å²) in [6.07, 6.45) is 22.5. The van der Waals surface area contributed by atoms with Crippen molar-refractivity contribution in [3.05, 3.63) is 23.3 Å². The monoisotopic (exact) mass is 590 g/mol. The number of carbonyl (C=O) groups is 2. The van der Waals surface area contributed by atoms with Crippen molar-refractivity contribution in [3.63, 3.8) is 0 Å². The van der Waals surface area contributed by atoms with Crippen molar-refractivity contribution >= 4 is 11.6 Å². The number of rotatable bonds is 1. The van der Waals surface area contributed by atoms with Crippen molar-refractivity contribution < 1.29 is 19.8 Å². The van der Waals surface area contributed by atoms with Crippen molar-refractivity contribution in [2.24, 2.45) is 57.7 Å². The van der Waals surface area contributed by atoms with Crippen LogP contribution in [0.5, 0.6) is 0 Å². The van der Waals surface area contributed by atoms with E-state index < -0.39 is 5.60 Å². The average molecular weight is 591 g/mol. The van der Waals surface area contributed by atoms with Crippen molar-refractivity contribution in [1.82, 2.24) is 0 Å². The maximum absolute atomic E-state index is 11.8. The van der Waals surface area contributed by atoms with Gasteiger partial charge in [0.15, 0.2) is 11.6 Å². The zero-order valence-corrected chi connectivity index (χ0v) is 27.5. The lowest BCUT2D eigenvalue weighted by Gasteiger charge is -2.57. The molecule has 0 unspecified atom stereocenters. The largest absolute Gasteiger partial charge is 0.393 e. The smallest absolute Gasteiger partial charge is 0.155 e. The van der Waals surface area contributed by atoms with Gasteiger partial charge >= 0.3 is 0 Å². The Kier molecular flexibility index (Phi) is 7.53.